The minimum Gasteiger partial charge on any atom is -0.454 e. The third-order valence-corrected chi connectivity index (χ3v) is 5.93. The van der Waals surface area contributed by atoms with Gasteiger partial charge in [-0.05, 0) is 43.2 Å². The Bertz CT molecular complexity index is 914. The van der Waals surface area contributed by atoms with Gasteiger partial charge in [-0.25, -0.2) is 8.42 Å². The zero-order valence-electron chi connectivity index (χ0n) is 15.8. The van der Waals surface area contributed by atoms with Gasteiger partial charge in [0, 0.05) is 13.1 Å². The van der Waals surface area contributed by atoms with Crippen LogP contribution < -0.4 is 20.1 Å². The molecule has 0 radical (unpaired) electrons. The number of benzene rings is 2. The molecule has 2 aromatic rings. The van der Waals surface area contributed by atoms with Gasteiger partial charge in [-0.15, -0.1) is 0 Å². The minimum absolute atomic E-state index is 0.0320. The monoisotopic (exact) mass is 403 g/mol. The van der Waals surface area contributed by atoms with Crippen molar-refractivity contribution in [3.8, 4) is 11.5 Å². The van der Waals surface area contributed by atoms with E-state index in [-0.39, 0.29) is 19.1 Å². The van der Waals surface area contributed by atoms with Crippen molar-refractivity contribution >= 4 is 15.8 Å². The molecule has 0 saturated carbocycles. The number of nitrogens with one attached hydrogen (secondary N) is 2. The average Bonchev–Trinajstić information content (AvgIpc) is 3.16. The molecule has 3 rings (SSSR count). The Balaban J connectivity index is 1.51. The van der Waals surface area contributed by atoms with Crippen LogP contribution in [-0.2, 0) is 16.3 Å². The van der Waals surface area contributed by atoms with Crippen molar-refractivity contribution in [1.29, 1.82) is 0 Å². The Labute approximate surface area is 165 Å². The molecule has 0 aromatic heterocycles. The lowest BCUT2D eigenvalue weighted by atomic mass is 10.1. The van der Waals surface area contributed by atoms with Crippen LogP contribution in [0.25, 0.3) is 0 Å². The lowest BCUT2D eigenvalue weighted by Gasteiger charge is -2.11. The van der Waals surface area contributed by atoms with Gasteiger partial charge in [0.05, 0.1) is 17.2 Å². The van der Waals surface area contributed by atoms with Gasteiger partial charge in [0.1, 0.15) is 0 Å². The molecule has 8 heteroatoms. The van der Waals surface area contributed by atoms with Gasteiger partial charge >= 0.3 is 0 Å². The molecule has 2 aromatic carbocycles. The van der Waals surface area contributed by atoms with E-state index >= 15 is 0 Å². The smallest absolute Gasteiger partial charge is 0.231 e. The number of rotatable bonds is 8. The van der Waals surface area contributed by atoms with Crippen LogP contribution in [0.2, 0.25) is 0 Å². The third-order valence-electron chi connectivity index (χ3n) is 4.22. The summed E-state index contributed by atoms with van der Waals surface area (Å²) in [5.41, 5.74) is 1.12. The van der Waals surface area contributed by atoms with E-state index in [1.165, 1.54) is 0 Å². The van der Waals surface area contributed by atoms with E-state index in [0.29, 0.717) is 23.9 Å². The van der Waals surface area contributed by atoms with E-state index in [9.17, 15) is 8.42 Å². The summed E-state index contributed by atoms with van der Waals surface area (Å²) in [4.78, 5) is 4.71. The number of nitrogens with zero attached hydrogens (tertiary/aromatic N) is 1. The molecule has 2 N–H and O–H groups in total. The van der Waals surface area contributed by atoms with Gasteiger partial charge in [0.2, 0.25) is 6.79 Å². The van der Waals surface area contributed by atoms with E-state index in [1.807, 2.05) is 25.1 Å². The average molecular weight is 404 g/mol. The zero-order valence-corrected chi connectivity index (χ0v) is 16.7. The van der Waals surface area contributed by atoms with Crippen LogP contribution in [0.1, 0.15) is 12.5 Å². The van der Waals surface area contributed by atoms with Gasteiger partial charge in [-0.1, -0.05) is 24.3 Å². The quantitative estimate of drug-likeness (QED) is 0.518. The predicted octanol–water partition coefficient (Wildman–Crippen LogP) is 1.99. The van der Waals surface area contributed by atoms with Crippen molar-refractivity contribution in [2.75, 3.05) is 32.2 Å². The second-order valence-corrected chi connectivity index (χ2v) is 8.37. The molecule has 0 amide bonds. The standard InChI is InChI=1S/C20H25N3O4S/c1-2-21-20(23-12-13-28(24,25)17-6-4-3-5-7-17)22-11-10-16-8-9-18-19(14-16)27-15-26-18/h3-9,14H,2,10-13,15H2,1H3,(H2,21,22,23). The van der Waals surface area contributed by atoms with Crippen LogP contribution in [0.3, 0.4) is 0 Å². The van der Waals surface area contributed by atoms with Crippen molar-refractivity contribution in [2.24, 2.45) is 4.99 Å². The Morgan fingerprint density at radius 1 is 1.07 bits per heavy atom. The van der Waals surface area contributed by atoms with Crippen LogP contribution in [0.15, 0.2) is 58.4 Å². The fourth-order valence-corrected chi connectivity index (χ4v) is 3.93. The highest BCUT2D eigenvalue weighted by molar-refractivity contribution is 7.91. The third kappa shape index (κ3) is 5.39. The Hall–Kier alpha value is -2.74. The van der Waals surface area contributed by atoms with Gasteiger partial charge in [0.15, 0.2) is 27.3 Å². The number of aliphatic imine (C=N–C) groups is 1. The second kappa shape index (κ2) is 9.45. The lowest BCUT2D eigenvalue weighted by Crippen LogP contribution is -2.38. The Morgan fingerprint density at radius 2 is 1.86 bits per heavy atom. The number of ether oxygens (including phenoxy) is 2. The van der Waals surface area contributed by atoms with Crippen LogP contribution in [0.5, 0.6) is 11.5 Å². The molecule has 7 nitrogen and oxygen atoms in total. The number of sulfone groups is 1. The normalized spacial score (nSPS) is 13.4. The summed E-state index contributed by atoms with van der Waals surface area (Å²) in [6.45, 7) is 3.78. The van der Waals surface area contributed by atoms with Gasteiger partial charge < -0.3 is 20.1 Å². The summed E-state index contributed by atoms with van der Waals surface area (Å²) in [7, 11) is -3.33. The summed E-state index contributed by atoms with van der Waals surface area (Å²) >= 11 is 0. The molecular formula is C20H25N3O4S. The molecule has 0 fully saturated rings. The highest BCUT2D eigenvalue weighted by atomic mass is 32.2. The highest BCUT2D eigenvalue weighted by Gasteiger charge is 2.14. The first-order valence-corrected chi connectivity index (χ1v) is 10.9. The van der Waals surface area contributed by atoms with Crippen LogP contribution in [0, 0.1) is 0 Å². The summed E-state index contributed by atoms with van der Waals surface area (Å²) in [5.74, 6) is 2.11. The Kier molecular flexibility index (Phi) is 6.76. The topological polar surface area (TPSA) is 89.0 Å². The molecule has 0 saturated heterocycles. The SMILES string of the molecule is CCNC(=NCCS(=O)(=O)c1ccccc1)NCCc1ccc2c(c1)OCO2. The van der Waals surface area contributed by atoms with E-state index in [4.69, 9.17) is 9.47 Å². The van der Waals surface area contributed by atoms with Crippen molar-refractivity contribution in [3.63, 3.8) is 0 Å². The molecule has 150 valence electrons. The van der Waals surface area contributed by atoms with Crippen molar-refractivity contribution in [2.45, 2.75) is 18.2 Å². The number of guanidine groups is 1. The van der Waals surface area contributed by atoms with Crippen LogP contribution in [-0.4, -0.2) is 46.6 Å². The van der Waals surface area contributed by atoms with Crippen LogP contribution >= 0.6 is 0 Å². The van der Waals surface area contributed by atoms with Crippen LogP contribution in [0.4, 0.5) is 0 Å². The first-order chi connectivity index (χ1) is 13.6. The highest BCUT2D eigenvalue weighted by Crippen LogP contribution is 2.32. The molecule has 0 atom stereocenters. The summed E-state index contributed by atoms with van der Waals surface area (Å²) in [6.07, 6.45) is 0.781. The minimum atomic E-state index is -3.33. The molecule has 1 aliphatic heterocycles. The van der Waals surface area contributed by atoms with E-state index < -0.39 is 9.84 Å². The van der Waals surface area contributed by atoms with Crippen molar-refractivity contribution in [3.05, 3.63) is 54.1 Å². The van der Waals surface area contributed by atoms with Gasteiger partial charge in [-0.2, -0.15) is 0 Å². The summed E-state index contributed by atoms with van der Waals surface area (Å²) < 4.78 is 35.4. The molecule has 1 aliphatic rings. The summed E-state index contributed by atoms with van der Waals surface area (Å²) in [5, 5.41) is 6.37. The fourth-order valence-electron chi connectivity index (χ4n) is 2.79. The maximum Gasteiger partial charge on any atom is 0.231 e. The second-order valence-electron chi connectivity index (χ2n) is 6.26. The predicted molar refractivity (Wildman–Crippen MR) is 109 cm³/mol. The molecule has 0 bridgehead atoms. The maximum absolute atomic E-state index is 12.3. The number of fused-ring (bicyclic) bond motifs is 1. The molecular weight excluding hydrogens is 378 g/mol. The molecule has 0 spiro atoms. The van der Waals surface area contributed by atoms with E-state index in [2.05, 4.69) is 15.6 Å². The molecule has 1 heterocycles. The van der Waals surface area contributed by atoms with Gasteiger partial charge in [0.25, 0.3) is 0 Å². The molecule has 28 heavy (non-hydrogen) atoms. The molecule has 0 unspecified atom stereocenters. The Morgan fingerprint density at radius 3 is 2.64 bits per heavy atom. The summed E-state index contributed by atoms with van der Waals surface area (Å²) in [6, 6.07) is 14.3. The zero-order chi connectivity index (χ0) is 19.8. The first-order valence-electron chi connectivity index (χ1n) is 9.27. The first kappa shape index (κ1) is 20.0. The number of hydrogen-bond donors (Lipinski definition) is 2. The van der Waals surface area contributed by atoms with E-state index in [0.717, 1.165) is 23.5 Å². The fraction of sp³-hybridized carbons (Fsp3) is 0.350. The molecule has 0 aliphatic carbocycles. The number of hydrogen-bond acceptors (Lipinski definition) is 5. The lowest BCUT2D eigenvalue weighted by molar-refractivity contribution is 0.174. The van der Waals surface area contributed by atoms with Crippen molar-refractivity contribution in [1.82, 2.24) is 10.6 Å². The maximum atomic E-state index is 12.3. The van der Waals surface area contributed by atoms with E-state index in [1.54, 1.807) is 30.3 Å². The van der Waals surface area contributed by atoms with Crippen molar-refractivity contribution < 1.29 is 17.9 Å². The van der Waals surface area contributed by atoms with Gasteiger partial charge in [-0.3, -0.25) is 4.99 Å². The largest absolute Gasteiger partial charge is 0.454 e.